The van der Waals surface area contributed by atoms with Crippen LogP contribution in [0.4, 0.5) is 0 Å². The molecule has 2 N–H and O–H groups in total. The van der Waals surface area contributed by atoms with E-state index in [1.54, 1.807) is 4.90 Å². The Morgan fingerprint density at radius 2 is 1.95 bits per heavy atom. The van der Waals surface area contributed by atoms with E-state index in [0.717, 1.165) is 19.3 Å². The zero-order chi connectivity index (χ0) is 14.8. The van der Waals surface area contributed by atoms with E-state index < -0.39 is 20.6 Å². The molecule has 1 aliphatic heterocycles. The summed E-state index contributed by atoms with van der Waals surface area (Å²) in [5, 5.41) is 0. The lowest BCUT2D eigenvalue weighted by atomic mass is 9.87. The van der Waals surface area contributed by atoms with Crippen LogP contribution in [0.2, 0.25) is 0 Å². The number of methoxy groups -OCH3 is 1. The normalized spacial score (nSPS) is 25.1. The van der Waals surface area contributed by atoms with E-state index >= 15 is 0 Å². The van der Waals surface area contributed by atoms with E-state index in [1.165, 1.54) is 7.11 Å². The second kappa shape index (κ2) is 7.26. The number of carbonyl (C=O) groups excluding carboxylic acids is 1. The highest BCUT2D eigenvalue weighted by Crippen LogP contribution is 2.38. The maximum atomic E-state index is 12.4. The van der Waals surface area contributed by atoms with E-state index in [4.69, 9.17) is 10.5 Å². The van der Waals surface area contributed by atoms with Crippen molar-refractivity contribution in [3.05, 3.63) is 0 Å². The summed E-state index contributed by atoms with van der Waals surface area (Å²) in [6.45, 7) is 0.709. The van der Waals surface area contributed by atoms with Crippen LogP contribution in [-0.2, 0) is 19.4 Å². The van der Waals surface area contributed by atoms with Gasteiger partial charge >= 0.3 is 0 Å². The van der Waals surface area contributed by atoms with Gasteiger partial charge in [-0.3, -0.25) is 4.79 Å². The van der Waals surface area contributed by atoms with Crippen LogP contribution in [0.1, 0.15) is 32.1 Å². The molecule has 0 radical (unpaired) electrons. The number of nitrogens with zero attached hydrogens (tertiary/aromatic N) is 1. The molecule has 1 saturated carbocycles. The summed E-state index contributed by atoms with van der Waals surface area (Å²) in [5.74, 6) is -0.148. The van der Waals surface area contributed by atoms with Crippen LogP contribution in [0.15, 0.2) is 0 Å². The summed E-state index contributed by atoms with van der Waals surface area (Å²) < 4.78 is 29.0. The van der Waals surface area contributed by atoms with Crippen molar-refractivity contribution in [3.8, 4) is 0 Å². The van der Waals surface area contributed by atoms with Gasteiger partial charge in [-0.1, -0.05) is 19.3 Å². The van der Waals surface area contributed by atoms with Gasteiger partial charge < -0.3 is 15.4 Å². The number of sulfone groups is 1. The quantitative estimate of drug-likeness (QED) is 0.800. The van der Waals surface area contributed by atoms with Gasteiger partial charge in [0.15, 0.2) is 9.84 Å². The van der Waals surface area contributed by atoms with Gasteiger partial charge in [0, 0.05) is 20.2 Å². The SMILES string of the molecule is COCC(N)C(=O)N1CCS(=O)(=O)C2(CCCCC2)C1.Cl. The van der Waals surface area contributed by atoms with Crippen LogP contribution in [0.5, 0.6) is 0 Å². The lowest BCUT2D eigenvalue weighted by Crippen LogP contribution is -2.61. The Morgan fingerprint density at radius 3 is 2.52 bits per heavy atom. The molecule has 8 heteroatoms. The van der Waals surface area contributed by atoms with E-state index in [0.29, 0.717) is 19.4 Å². The molecule has 1 heterocycles. The number of hydrogen-bond acceptors (Lipinski definition) is 5. The predicted octanol–water partition coefficient (Wildman–Crippen LogP) is 0.342. The minimum absolute atomic E-state index is 0. The average molecular weight is 341 g/mol. The monoisotopic (exact) mass is 340 g/mol. The summed E-state index contributed by atoms with van der Waals surface area (Å²) >= 11 is 0. The van der Waals surface area contributed by atoms with Crippen molar-refractivity contribution >= 4 is 28.2 Å². The maximum Gasteiger partial charge on any atom is 0.241 e. The van der Waals surface area contributed by atoms with Crippen LogP contribution < -0.4 is 5.73 Å². The van der Waals surface area contributed by atoms with Gasteiger partial charge in [0.25, 0.3) is 0 Å². The van der Waals surface area contributed by atoms with Crippen LogP contribution in [0, 0.1) is 0 Å². The Kier molecular flexibility index (Phi) is 6.46. The Balaban J connectivity index is 0.00000220. The fourth-order valence-electron chi connectivity index (χ4n) is 3.31. The van der Waals surface area contributed by atoms with Gasteiger partial charge in [0.2, 0.25) is 5.91 Å². The smallest absolute Gasteiger partial charge is 0.241 e. The molecule has 1 unspecified atom stereocenters. The molecule has 2 rings (SSSR count). The van der Waals surface area contributed by atoms with Crippen molar-refractivity contribution < 1.29 is 17.9 Å². The molecule has 0 aromatic rings. The Bertz CT molecular complexity index is 463. The molecular formula is C13H25ClN2O4S. The van der Waals surface area contributed by atoms with Crippen LogP contribution >= 0.6 is 12.4 Å². The molecule has 124 valence electrons. The van der Waals surface area contributed by atoms with Crippen molar-refractivity contribution in [1.82, 2.24) is 4.90 Å². The Labute approximate surface area is 132 Å². The third-order valence-electron chi connectivity index (χ3n) is 4.51. The number of amides is 1. The third kappa shape index (κ3) is 3.70. The molecule has 21 heavy (non-hydrogen) atoms. The zero-order valence-corrected chi connectivity index (χ0v) is 14.0. The first-order valence-electron chi connectivity index (χ1n) is 7.17. The largest absolute Gasteiger partial charge is 0.383 e. The van der Waals surface area contributed by atoms with Crippen LogP contribution in [-0.4, -0.2) is 62.6 Å². The summed E-state index contributed by atoms with van der Waals surface area (Å²) in [6, 6.07) is -0.707. The molecule has 0 bridgehead atoms. The number of hydrogen-bond donors (Lipinski definition) is 1. The summed E-state index contributed by atoms with van der Waals surface area (Å²) in [6.07, 6.45) is 4.25. The number of carbonyl (C=O) groups is 1. The van der Waals surface area contributed by atoms with Gasteiger partial charge in [0.05, 0.1) is 17.1 Å². The summed E-state index contributed by atoms with van der Waals surface area (Å²) in [4.78, 5) is 13.9. The minimum Gasteiger partial charge on any atom is -0.383 e. The molecule has 2 fully saturated rings. The molecule has 0 aromatic carbocycles. The minimum atomic E-state index is -3.12. The van der Waals surface area contributed by atoms with Gasteiger partial charge in [-0.25, -0.2) is 8.42 Å². The van der Waals surface area contributed by atoms with Crippen molar-refractivity contribution in [1.29, 1.82) is 0 Å². The molecule has 6 nitrogen and oxygen atoms in total. The Hall–Kier alpha value is -0.370. The summed E-state index contributed by atoms with van der Waals surface area (Å²) in [5.41, 5.74) is 5.78. The predicted molar refractivity (Wildman–Crippen MR) is 83.3 cm³/mol. The first-order chi connectivity index (χ1) is 9.42. The van der Waals surface area contributed by atoms with E-state index in [-0.39, 0.29) is 37.2 Å². The molecule has 2 aliphatic rings. The van der Waals surface area contributed by atoms with Gasteiger partial charge in [-0.2, -0.15) is 0 Å². The van der Waals surface area contributed by atoms with Gasteiger partial charge in [-0.05, 0) is 12.8 Å². The lowest BCUT2D eigenvalue weighted by molar-refractivity contribution is -0.134. The van der Waals surface area contributed by atoms with Crippen molar-refractivity contribution in [2.75, 3.05) is 32.6 Å². The number of halogens is 1. The molecule has 1 aliphatic carbocycles. The first-order valence-corrected chi connectivity index (χ1v) is 8.83. The zero-order valence-electron chi connectivity index (χ0n) is 12.4. The fraction of sp³-hybridized carbons (Fsp3) is 0.923. The molecule has 1 saturated heterocycles. The molecule has 0 aromatic heterocycles. The third-order valence-corrected chi connectivity index (χ3v) is 7.09. The molecular weight excluding hydrogens is 316 g/mol. The van der Waals surface area contributed by atoms with Crippen molar-refractivity contribution in [2.45, 2.75) is 42.9 Å². The van der Waals surface area contributed by atoms with Gasteiger partial charge in [-0.15, -0.1) is 12.4 Å². The highest BCUT2D eigenvalue weighted by Gasteiger charge is 2.49. The van der Waals surface area contributed by atoms with E-state index in [9.17, 15) is 13.2 Å². The number of rotatable bonds is 3. The average Bonchev–Trinajstić information content (AvgIpc) is 2.43. The molecule has 1 amide bonds. The highest BCUT2D eigenvalue weighted by atomic mass is 35.5. The topological polar surface area (TPSA) is 89.7 Å². The number of ether oxygens (including phenoxy) is 1. The maximum absolute atomic E-state index is 12.4. The van der Waals surface area contributed by atoms with Crippen molar-refractivity contribution in [3.63, 3.8) is 0 Å². The Morgan fingerprint density at radius 1 is 1.33 bits per heavy atom. The fourth-order valence-corrected chi connectivity index (χ4v) is 5.47. The molecule has 1 atom stereocenters. The van der Waals surface area contributed by atoms with Gasteiger partial charge in [0.1, 0.15) is 6.04 Å². The first kappa shape index (κ1) is 18.7. The van der Waals surface area contributed by atoms with Crippen LogP contribution in [0.25, 0.3) is 0 Å². The second-order valence-electron chi connectivity index (χ2n) is 5.88. The lowest BCUT2D eigenvalue weighted by Gasteiger charge is -2.44. The highest BCUT2D eigenvalue weighted by molar-refractivity contribution is 7.92. The van der Waals surface area contributed by atoms with Crippen molar-refractivity contribution in [2.24, 2.45) is 5.73 Å². The second-order valence-corrected chi connectivity index (χ2v) is 8.39. The number of nitrogens with two attached hydrogens (primary N) is 1. The standard InChI is InChI=1S/C13H24N2O4S.ClH/c1-19-9-11(14)12(16)15-7-8-20(17,18)13(10-15)5-3-2-4-6-13;/h11H,2-10,14H2,1H3;1H. The van der Waals surface area contributed by atoms with Crippen LogP contribution in [0.3, 0.4) is 0 Å². The summed E-state index contributed by atoms with van der Waals surface area (Å²) in [7, 11) is -1.62. The molecule has 1 spiro atoms. The van der Waals surface area contributed by atoms with E-state index in [1.807, 2.05) is 0 Å². The van der Waals surface area contributed by atoms with E-state index in [2.05, 4.69) is 0 Å².